The van der Waals surface area contributed by atoms with Gasteiger partial charge in [-0.3, -0.25) is 4.55 Å². The number of hydrogen-bond acceptors (Lipinski definition) is 9. The Morgan fingerprint density at radius 2 is 0.825 bits per heavy atom. The summed E-state index contributed by atoms with van der Waals surface area (Å²) in [5.41, 5.74) is 1.48. The molecule has 0 aliphatic heterocycles. The molecule has 0 fully saturated rings. The zero-order chi connectivity index (χ0) is 45.1. The summed E-state index contributed by atoms with van der Waals surface area (Å²) in [6.07, 6.45) is 28.6. The largest absolute Gasteiger partial charge is 2.00 e. The van der Waals surface area contributed by atoms with Crippen LogP contribution in [0.3, 0.4) is 0 Å². The number of aryl methyl sites for hydroxylation is 2. The van der Waals surface area contributed by atoms with Gasteiger partial charge in [0.25, 0.3) is 0 Å². The van der Waals surface area contributed by atoms with Crippen molar-refractivity contribution in [3.63, 3.8) is 0 Å². The molecule has 10 nitrogen and oxygen atoms in total. The van der Waals surface area contributed by atoms with E-state index in [4.69, 9.17) is 9.47 Å². The van der Waals surface area contributed by atoms with Crippen LogP contribution in [-0.2, 0) is 33.1 Å². The third-order valence-corrected chi connectivity index (χ3v) is 12.6. The first-order chi connectivity index (χ1) is 29.8. The van der Waals surface area contributed by atoms with Crippen LogP contribution in [0.4, 0.5) is 0 Å². The first kappa shape index (κ1) is 56.3. The van der Waals surface area contributed by atoms with Crippen LogP contribution < -0.4 is 14.6 Å². The number of rotatable bonds is 30. The molecule has 0 aliphatic rings. The second-order valence-electron chi connectivity index (χ2n) is 16.2. The van der Waals surface area contributed by atoms with Gasteiger partial charge in [0.1, 0.15) is 33.1 Å². The zero-order valence-electron chi connectivity index (χ0n) is 37.7. The Hall–Kier alpha value is -2.84. The van der Waals surface area contributed by atoms with Crippen LogP contribution in [0, 0.1) is 0 Å². The molecule has 2 N–H and O–H groups in total. The van der Waals surface area contributed by atoms with E-state index in [-0.39, 0.29) is 49.2 Å². The number of aromatic hydroxyl groups is 1. The van der Waals surface area contributed by atoms with E-state index in [0.717, 1.165) is 37.7 Å². The van der Waals surface area contributed by atoms with Crippen LogP contribution in [0.1, 0.15) is 166 Å². The van der Waals surface area contributed by atoms with Crippen LogP contribution in [0.5, 0.6) is 34.5 Å². The van der Waals surface area contributed by atoms with Gasteiger partial charge in [0.15, 0.2) is 10.6 Å². The summed E-state index contributed by atoms with van der Waals surface area (Å²) >= 11 is 0. The van der Waals surface area contributed by atoms with Gasteiger partial charge in [-0.05, 0) is 79.3 Å². The molecule has 0 radical (unpaired) electrons. The molecular weight excluding hydrogens is 865 g/mol. The molecule has 4 aromatic carbocycles. The van der Waals surface area contributed by atoms with Crippen molar-refractivity contribution in [3.05, 3.63) is 96.1 Å². The number of hydrogen-bond donors (Lipinski definition) is 2. The monoisotopic (exact) mass is 934 g/mol. The van der Waals surface area contributed by atoms with Gasteiger partial charge in [0.05, 0.1) is 4.90 Å². The fourth-order valence-corrected chi connectivity index (χ4v) is 8.77. The smallest absolute Gasteiger partial charge is 0.872 e. The number of phenolic OH excluding ortho intramolecular Hbond substituents is 1. The van der Waals surface area contributed by atoms with Gasteiger partial charge in [-0.15, -0.1) is 0 Å². The molecule has 0 saturated carbocycles. The molecule has 0 heterocycles. The standard InChI is InChI=1S/2C25H36O5S.Ca/c2*1-2-3-4-5-6-7-8-9-10-11-13-16-21-19-23(26)25(31(27,28)29)24(20-21)30-22-17-14-12-15-18-22;/h2*12,14-15,17-20,26H,2-11,13,16H2,1H3,(H,27,28,29);/q;;+2/p-2. The van der Waals surface area contributed by atoms with Gasteiger partial charge in [0.2, 0.25) is 0 Å². The maximum absolute atomic E-state index is 12.3. The molecule has 63 heavy (non-hydrogen) atoms. The minimum absolute atomic E-state index is 0. The molecule has 344 valence electrons. The van der Waals surface area contributed by atoms with Crippen molar-refractivity contribution in [2.75, 3.05) is 0 Å². The Bertz CT molecular complexity index is 1910. The van der Waals surface area contributed by atoms with Crippen molar-refractivity contribution in [1.29, 1.82) is 0 Å². The minimum atomic E-state index is -4.93. The van der Waals surface area contributed by atoms with Gasteiger partial charge in [-0.25, -0.2) is 8.42 Å². The van der Waals surface area contributed by atoms with Crippen LogP contribution in [0.2, 0.25) is 0 Å². The maximum Gasteiger partial charge on any atom is 2.00 e. The van der Waals surface area contributed by atoms with Crippen LogP contribution >= 0.6 is 0 Å². The van der Waals surface area contributed by atoms with Gasteiger partial charge < -0.3 is 24.2 Å². The Morgan fingerprint density at radius 1 is 0.492 bits per heavy atom. The van der Waals surface area contributed by atoms with Gasteiger partial charge in [-0.2, -0.15) is 8.42 Å². The SMILES string of the molecule is CCCCCCCCCCCCCc1cc(O)c(S(=O)(=O)O)c(Oc2ccccc2)c1.CCCCCCCCCCCCCc1cc([O-])c(S(=O)(=O)[O-])c(Oc2ccccc2)c1.[Ca+2]. The molecule has 0 aliphatic carbocycles. The first-order valence-electron chi connectivity index (χ1n) is 22.9. The predicted molar refractivity (Wildman–Crippen MR) is 251 cm³/mol. The second-order valence-corrected chi connectivity index (χ2v) is 18.9. The molecule has 0 saturated heterocycles. The fourth-order valence-electron chi connectivity index (χ4n) is 7.44. The summed E-state index contributed by atoms with van der Waals surface area (Å²) in [6.45, 7) is 4.47. The quantitative estimate of drug-likeness (QED) is 0.0291. The Kier molecular flexibility index (Phi) is 28.5. The molecule has 4 aromatic rings. The fraction of sp³-hybridized carbons (Fsp3) is 0.520. The van der Waals surface area contributed by atoms with E-state index in [1.165, 1.54) is 127 Å². The Labute approximate surface area is 408 Å². The summed E-state index contributed by atoms with van der Waals surface area (Å²) in [6, 6.07) is 23.0. The summed E-state index contributed by atoms with van der Waals surface area (Å²) in [5.74, 6) is -0.744. The maximum atomic E-state index is 12.3. The third-order valence-electron chi connectivity index (χ3n) is 10.8. The molecule has 13 heteroatoms. The molecular formula is C50H70CaO10S2. The Morgan fingerprint density at radius 3 is 1.17 bits per heavy atom. The molecule has 0 spiro atoms. The molecule has 4 rings (SSSR count). The third kappa shape index (κ3) is 23.3. The number of unbranched alkanes of at least 4 members (excludes halogenated alkanes) is 20. The topological polar surface area (TPSA) is 173 Å². The number of ether oxygens (including phenoxy) is 2. The molecule has 0 amide bonds. The average molecular weight is 935 g/mol. The van der Waals surface area contributed by atoms with Crippen molar-refractivity contribution >= 4 is 58.0 Å². The van der Waals surface area contributed by atoms with E-state index in [1.54, 1.807) is 60.7 Å². The van der Waals surface area contributed by atoms with Crippen LogP contribution in [0.25, 0.3) is 0 Å². The van der Waals surface area contributed by atoms with E-state index in [9.17, 15) is 36.2 Å². The van der Waals surface area contributed by atoms with Crippen LogP contribution in [0.15, 0.2) is 94.7 Å². The van der Waals surface area contributed by atoms with E-state index in [1.807, 2.05) is 6.07 Å². The van der Waals surface area contributed by atoms with E-state index in [2.05, 4.69) is 13.8 Å². The summed E-state index contributed by atoms with van der Waals surface area (Å²) in [4.78, 5) is -1.42. The van der Waals surface area contributed by atoms with E-state index in [0.29, 0.717) is 29.9 Å². The predicted octanol–water partition coefficient (Wildman–Crippen LogP) is 13.2. The number of benzene rings is 4. The average Bonchev–Trinajstić information content (AvgIpc) is 3.21. The Balaban J connectivity index is 0.000000427. The van der Waals surface area contributed by atoms with Crippen molar-refractivity contribution < 1.29 is 45.6 Å². The van der Waals surface area contributed by atoms with Crippen molar-refractivity contribution in [2.45, 2.75) is 178 Å². The van der Waals surface area contributed by atoms with Gasteiger partial charge >= 0.3 is 47.9 Å². The first-order valence-corrected chi connectivity index (χ1v) is 25.8. The van der Waals surface area contributed by atoms with E-state index < -0.39 is 41.5 Å². The second kappa shape index (κ2) is 31.9. The zero-order valence-corrected chi connectivity index (χ0v) is 41.6. The van der Waals surface area contributed by atoms with Gasteiger partial charge in [0, 0.05) is 0 Å². The van der Waals surface area contributed by atoms with Crippen molar-refractivity contribution in [2.24, 2.45) is 0 Å². The summed E-state index contributed by atoms with van der Waals surface area (Å²) in [7, 11) is -9.56. The number of phenols is 1. The van der Waals surface area contributed by atoms with Crippen LogP contribution in [-0.4, -0.2) is 68.8 Å². The van der Waals surface area contributed by atoms with E-state index >= 15 is 0 Å². The molecule has 0 atom stereocenters. The minimum Gasteiger partial charge on any atom is -0.872 e. The van der Waals surface area contributed by atoms with Crippen molar-refractivity contribution in [3.8, 4) is 34.5 Å². The van der Waals surface area contributed by atoms with Crippen molar-refractivity contribution in [1.82, 2.24) is 0 Å². The summed E-state index contributed by atoms with van der Waals surface area (Å²) in [5, 5.41) is 22.6. The molecule has 0 unspecified atom stereocenters. The normalized spacial score (nSPS) is 11.4. The summed E-state index contributed by atoms with van der Waals surface area (Å²) < 4.78 is 79.1. The molecule has 0 bridgehead atoms. The van der Waals surface area contributed by atoms with Gasteiger partial charge in [-0.1, -0.05) is 190 Å². The number of para-hydroxylation sites is 2. The molecule has 0 aromatic heterocycles.